The Morgan fingerprint density at radius 2 is 1.85 bits per heavy atom. The lowest BCUT2D eigenvalue weighted by atomic mass is 9.89. The SMILES string of the molecule is COc1ccc2nc(N3CCC4CN(C(=O)Nc5ccc(C(=O)NO)cc5)CC4C3)cnc2c1. The molecule has 0 radical (unpaired) electrons. The summed E-state index contributed by atoms with van der Waals surface area (Å²) in [5.41, 5.74) is 4.12. The number of hydrogen-bond acceptors (Lipinski definition) is 7. The van der Waals surface area contributed by atoms with Gasteiger partial charge >= 0.3 is 6.03 Å². The summed E-state index contributed by atoms with van der Waals surface area (Å²) in [4.78, 5) is 37.7. The summed E-state index contributed by atoms with van der Waals surface area (Å²) >= 11 is 0. The third-order valence-electron chi connectivity index (χ3n) is 6.65. The van der Waals surface area contributed by atoms with Crippen molar-refractivity contribution in [3.8, 4) is 5.75 Å². The number of rotatable bonds is 4. The van der Waals surface area contributed by atoms with Crippen LogP contribution in [0.4, 0.5) is 16.3 Å². The van der Waals surface area contributed by atoms with Gasteiger partial charge < -0.3 is 19.9 Å². The molecule has 0 spiro atoms. The highest BCUT2D eigenvalue weighted by atomic mass is 16.5. The molecule has 10 nitrogen and oxygen atoms in total. The van der Waals surface area contributed by atoms with Gasteiger partial charge in [0.15, 0.2) is 0 Å². The van der Waals surface area contributed by atoms with Crippen LogP contribution in [0.25, 0.3) is 11.0 Å². The second kappa shape index (κ2) is 9.14. The molecule has 176 valence electrons. The van der Waals surface area contributed by atoms with Crippen molar-refractivity contribution in [2.24, 2.45) is 11.8 Å². The maximum Gasteiger partial charge on any atom is 0.321 e. The number of hydrogen-bond donors (Lipinski definition) is 3. The number of carbonyl (C=O) groups is 2. The number of ether oxygens (including phenoxy) is 1. The van der Waals surface area contributed by atoms with Gasteiger partial charge in [0.05, 0.1) is 24.3 Å². The van der Waals surface area contributed by atoms with E-state index in [1.165, 1.54) is 0 Å². The zero-order chi connectivity index (χ0) is 23.7. The second-order valence-corrected chi connectivity index (χ2v) is 8.69. The minimum Gasteiger partial charge on any atom is -0.497 e. The van der Waals surface area contributed by atoms with Gasteiger partial charge in [-0.15, -0.1) is 0 Å². The molecule has 3 N–H and O–H groups in total. The number of anilines is 2. The predicted octanol–water partition coefficient (Wildman–Crippen LogP) is 2.75. The molecule has 0 aliphatic carbocycles. The van der Waals surface area contributed by atoms with E-state index in [0.717, 1.165) is 48.7 Å². The first-order valence-electron chi connectivity index (χ1n) is 11.2. The zero-order valence-corrected chi connectivity index (χ0v) is 18.8. The average Bonchev–Trinajstić information content (AvgIpc) is 3.32. The minimum atomic E-state index is -0.595. The van der Waals surface area contributed by atoms with E-state index in [4.69, 9.17) is 14.9 Å². The molecule has 0 saturated carbocycles. The number of amides is 3. The molecule has 2 saturated heterocycles. The summed E-state index contributed by atoms with van der Waals surface area (Å²) in [6.45, 7) is 3.10. The molecule has 2 atom stereocenters. The van der Waals surface area contributed by atoms with Crippen LogP contribution in [0.5, 0.6) is 5.75 Å². The number of urea groups is 1. The molecular formula is C24H26N6O4. The van der Waals surface area contributed by atoms with E-state index in [1.807, 2.05) is 29.3 Å². The van der Waals surface area contributed by atoms with Gasteiger partial charge in [-0.25, -0.2) is 15.3 Å². The molecule has 3 aromatic rings. The fraction of sp³-hybridized carbons (Fsp3) is 0.333. The first-order valence-corrected chi connectivity index (χ1v) is 11.2. The highest BCUT2D eigenvalue weighted by molar-refractivity contribution is 5.95. The number of piperidine rings is 1. The Balaban J connectivity index is 1.21. The fourth-order valence-electron chi connectivity index (χ4n) is 4.77. The van der Waals surface area contributed by atoms with Crippen molar-refractivity contribution in [2.45, 2.75) is 6.42 Å². The van der Waals surface area contributed by atoms with Crippen LogP contribution >= 0.6 is 0 Å². The number of nitrogens with zero attached hydrogens (tertiary/aromatic N) is 4. The van der Waals surface area contributed by atoms with Crippen LogP contribution in [0, 0.1) is 11.8 Å². The van der Waals surface area contributed by atoms with E-state index in [9.17, 15) is 9.59 Å². The largest absolute Gasteiger partial charge is 0.497 e. The molecule has 2 unspecified atom stereocenters. The van der Waals surface area contributed by atoms with Crippen LogP contribution in [-0.2, 0) is 0 Å². The Kier molecular flexibility index (Phi) is 5.89. The Morgan fingerprint density at radius 3 is 2.62 bits per heavy atom. The van der Waals surface area contributed by atoms with Gasteiger partial charge in [0.25, 0.3) is 5.91 Å². The third kappa shape index (κ3) is 4.32. The molecule has 2 fully saturated rings. The molecule has 2 aromatic carbocycles. The third-order valence-corrected chi connectivity index (χ3v) is 6.65. The molecule has 0 bridgehead atoms. The van der Waals surface area contributed by atoms with E-state index >= 15 is 0 Å². The molecule has 3 heterocycles. The molecular weight excluding hydrogens is 436 g/mol. The molecule has 1 aromatic heterocycles. The van der Waals surface area contributed by atoms with Crippen molar-refractivity contribution >= 4 is 34.5 Å². The van der Waals surface area contributed by atoms with E-state index in [-0.39, 0.29) is 6.03 Å². The number of hydroxylamine groups is 1. The van der Waals surface area contributed by atoms with E-state index in [0.29, 0.717) is 29.6 Å². The number of carbonyl (C=O) groups excluding carboxylic acids is 2. The summed E-state index contributed by atoms with van der Waals surface area (Å²) in [6, 6.07) is 11.9. The van der Waals surface area contributed by atoms with E-state index in [2.05, 4.69) is 15.2 Å². The van der Waals surface area contributed by atoms with E-state index in [1.54, 1.807) is 36.9 Å². The van der Waals surface area contributed by atoms with Gasteiger partial charge in [0.2, 0.25) is 0 Å². The first kappa shape index (κ1) is 21.9. The lowest BCUT2D eigenvalue weighted by Gasteiger charge is -2.34. The lowest BCUT2D eigenvalue weighted by molar-refractivity contribution is 0.0706. The van der Waals surface area contributed by atoms with Crippen molar-refractivity contribution in [1.29, 1.82) is 0 Å². The second-order valence-electron chi connectivity index (χ2n) is 8.69. The molecule has 3 amide bonds. The molecule has 10 heteroatoms. The number of likely N-dealkylation sites (tertiary alicyclic amines) is 1. The standard InChI is InChI=1S/C24H26N6O4/c1-34-19-6-7-20-21(10-19)25-11-22(27-20)29-9-8-16-12-30(14-17(16)13-29)24(32)26-18-4-2-15(3-5-18)23(31)28-33/h2-7,10-11,16-17,33H,8-9,12-14H2,1H3,(H,26,32)(H,28,31). The summed E-state index contributed by atoms with van der Waals surface area (Å²) in [6.07, 6.45) is 2.80. The van der Waals surface area contributed by atoms with Gasteiger partial charge in [-0.3, -0.25) is 15.0 Å². The van der Waals surface area contributed by atoms with Gasteiger partial charge in [0.1, 0.15) is 11.6 Å². The number of nitrogens with one attached hydrogen (secondary N) is 2. The van der Waals surface area contributed by atoms with Crippen molar-refractivity contribution < 1.29 is 19.5 Å². The molecule has 2 aliphatic rings. The molecule has 34 heavy (non-hydrogen) atoms. The Bertz CT molecular complexity index is 1220. The number of aromatic nitrogens is 2. The number of methoxy groups -OCH3 is 1. The van der Waals surface area contributed by atoms with Crippen LogP contribution < -0.4 is 20.4 Å². The normalized spacial score (nSPS) is 19.6. The smallest absolute Gasteiger partial charge is 0.321 e. The highest BCUT2D eigenvalue weighted by Crippen LogP contribution is 2.33. The molecule has 5 rings (SSSR count). The number of fused-ring (bicyclic) bond motifs is 2. The van der Waals surface area contributed by atoms with Crippen molar-refractivity contribution in [2.75, 3.05) is 43.5 Å². The van der Waals surface area contributed by atoms with Crippen LogP contribution in [-0.4, -0.2) is 65.3 Å². The predicted molar refractivity (Wildman–Crippen MR) is 126 cm³/mol. The van der Waals surface area contributed by atoms with Gasteiger partial charge in [0, 0.05) is 43.5 Å². The highest BCUT2D eigenvalue weighted by Gasteiger charge is 2.39. The monoisotopic (exact) mass is 462 g/mol. The Morgan fingerprint density at radius 1 is 1.06 bits per heavy atom. The summed E-state index contributed by atoms with van der Waals surface area (Å²) in [5.74, 6) is 1.83. The maximum absolute atomic E-state index is 12.8. The topological polar surface area (TPSA) is 120 Å². The van der Waals surface area contributed by atoms with Crippen LogP contribution in [0.1, 0.15) is 16.8 Å². The minimum absolute atomic E-state index is 0.153. The summed E-state index contributed by atoms with van der Waals surface area (Å²) in [5, 5.41) is 11.6. The average molecular weight is 463 g/mol. The molecule has 2 aliphatic heterocycles. The van der Waals surface area contributed by atoms with Crippen molar-refractivity contribution in [1.82, 2.24) is 20.3 Å². The Labute approximate surface area is 196 Å². The van der Waals surface area contributed by atoms with Crippen LogP contribution in [0.2, 0.25) is 0 Å². The van der Waals surface area contributed by atoms with Crippen LogP contribution in [0.3, 0.4) is 0 Å². The first-order chi connectivity index (χ1) is 16.5. The summed E-state index contributed by atoms with van der Waals surface area (Å²) in [7, 11) is 1.63. The van der Waals surface area contributed by atoms with Gasteiger partial charge in [-0.1, -0.05) is 0 Å². The zero-order valence-electron chi connectivity index (χ0n) is 18.8. The lowest BCUT2D eigenvalue weighted by Crippen LogP contribution is -2.40. The van der Waals surface area contributed by atoms with E-state index < -0.39 is 5.91 Å². The van der Waals surface area contributed by atoms with Gasteiger partial charge in [-0.05, 0) is 54.7 Å². The van der Waals surface area contributed by atoms with Crippen molar-refractivity contribution in [3.05, 3.63) is 54.2 Å². The fourth-order valence-corrected chi connectivity index (χ4v) is 4.77. The quantitative estimate of drug-likeness (QED) is 0.403. The number of benzene rings is 2. The van der Waals surface area contributed by atoms with Gasteiger partial charge in [-0.2, -0.15) is 0 Å². The Hall–Kier alpha value is -3.92. The maximum atomic E-state index is 12.8. The summed E-state index contributed by atoms with van der Waals surface area (Å²) < 4.78 is 5.26. The van der Waals surface area contributed by atoms with Crippen molar-refractivity contribution in [3.63, 3.8) is 0 Å². The van der Waals surface area contributed by atoms with Crippen LogP contribution in [0.15, 0.2) is 48.7 Å².